The SMILES string of the molecule is CCn1ncnc1CN1CCc2[nH]nc(/C=C/c3ccccc3)c2C1. The third kappa shape index (κ3) is 3.39. The summed E-state index contributed by atoms with van der Waals surface area (Å²) in [5.41, 5.74) is 4.75. The maximum Gasteiger partial charge on any atom is 0.141 e. The fourth-order valence-electron chi connectivity index (χ4n) is 3.26. The molecule has 2 aromatic heterocycles. The average Bonchev–Trinajstić information content (AvgIpc) is 3.27. The largest absolute Gasteiger partial charge is 0.291 e. The molecule has 0 amide bonds. The summed E-state index contributed by atoms with van der Waals surface area (Å²) in [7, 11) is 0. The molecule has 128 valence electrons. The highest BCUT2D eigenvalue weighted by molar-refractivity contribution is 5.69. The lowest BCUT2D eigenvalue weighted by Crippen LogP contribution is -2.31. The normalized spacial score (nSPS) is 14.9. The van der Waals surface area contributed by atoms with Gasteiger partial charge < -0.3 is 0 Å². The Morgan fingerprint density at radius 2 is 2.08 bits per heavy atom. The molecular weight excluding hydrogens is 312 g/mol. The number of aryl methyl sites for hydroxylation is 1. The number of hydrogen-bond donors (Lipinski definition) is 1. The summed E-state index contributed by atoms with van der Waals surface area (Å²) in [6.07, 6.45) is 6.84. The molecule has 0 atom stereocenters. The monoisotopic (exact) mass is 334 g/mol. The van der Waals surface area contributed by atoms with E-state index in [0.717, 1.165) is 44.1 Å². The van der Waals surface area contributed by atoms with Crippen molar-refractivity contribution in [2.24, 2.45) is 0 Å². The Balaban J connectivity index is 1.50. The highest BCUT2D eigenvalue weighted by Gasteiger charge is 2.22. The molecule has 1 aromatic carbocycles. The maximum absolute atomic E-state index is 4.51. The van der Waals surface area contributed by atoms with Gasteiger partial charge in [-0.2, -0.15) is 10.2 Å². The smallest absolute Gasteiger partial charge is 0.141 e. The molecule has 0 spiro atoms. The van der Waals surface area contributed by atoms with Gasteiger partial charge in [0, 0.05) is 37.3 Å². The first-order chi connectivity index (χ1) is 12.3. The van der Waals surface area contributed by atoms with Crippen LogP contribution < -0.4 is 0 Å². The predicted octanol–water partition coefficient (Wildman–Crippen LogP) is 2.75. The second-order valence-corrected chi connectivity index (χ2v) is 6.26. The van der Waals surface area contributed by atoms with Crippen molar-refractivity contribution in [3.63, 3.8) is 0 Å². The first-order valence-electron chi connectivity index (χ1n) is 8.71. The molecule has 0 fully saturated rings. The lowest BCUT2D eigenvalue weighted by Gasteiger charge is -2.26. The molecule has 25 heavy (non-hydrogen) atoms. The van der Waals surface area contributed by atoms with E-state index in [4.69, 9.17) is 0 Å². The minimum Gasteiger partial charge on any atom is -0.291 e. The lowest BCUT2D eigenvalue weighted by molar-refractivity contribution is 0.234. The number of H-pyrrole nitrogens is 1. The van der Waals surface area contributed by atoms with E-state index in [2.05, 4.69) is 56.4 Å². The van der Waals surface area contributed by atoms with E-state index in [0.29, 0.717) is 0 Å². The molecule has 6 heteroatoms. The summed E-state index contributed by atoms with van der Waals surface area (Å²) in [5.74, 6) is 1.02. The van der Waals surface area contributed by atoms with Crippen molar-refractivity contribution < 1.29 is 0 Å². The van der Waals surface area contributed by atoms with Crippen molar-refractivity contribution in [1.82, 2.24) is 29.9 Å². The van der Waals surface area contributed by atoms with Crippen LogP contribution in [0.5, 0.6) is 0 Å². The molecular formula is C19H22N6. The van der Waals surface area contributed by atoms with Crippen molar-refractivity contribution in [2.75, 3.05) is 6.54 Å². The quantitative estimate of drug-likeness (QED) is 0.779. The van der Waals surface area contributed by atoms with E-state index >= 15 is 0 Å². The summed E-state index contributed by atoms with van der Waals surface area (Å²) >= 11 is 0. The molecule has 0 aliphatic carbocycles. The van der Waals surface area contributed by atoms with Crippen LogP contribution in [0.4, 0.5) is 0 Å². The summed E-state index contributed by atoms with van der Waals surface area (Å²) in [6.45, 7) is 5.66. The van der Waals surface area contributed by atoms with Gasteiger partial charge in [-0.25, -0.2) is 9.67 Å². The molecule has 3 heterocycles. The molecule has 1 N–H and O–H groups in total. The lowest BCUT2D eigenvalue weighted by atomic mass is 10.0. The van der Waals surface area contributed by atoms with Gasteiger partial charge in [0.2, 0.25) is 0 Å². The average molecular weight is 334 g/mol. The van der Waals surface area contributed by atoms with Crippen LogP contribution in [0.1, 0.15) is 35.3 Å². The third-order valence-corrected chi connectivity index (χ3v) is 4.64. The van der Waals surface area contributed by atoms with Gasteiger partial charge in [-0.1, -0.05) is 36.4 Å². The van der Waals surface area contributed by atoms with Crippen LogP contribution in [0.15, 0.2) is 36.7 Å². The summed E-state index contributed by atoms with van der Waals surface area (Å²) in [4.78, 5) is 6.81. The Morgan fingerprint density at radius 3 is 2.92 bits per heavy atom. The first-order valence-corrected chi connectivity index (χ1v) is 8.71. The Kier molecular flexibility index (Phi) is 4.43. The maximum atomic E-state index is 4.51. The number of aromatic nitrogens is 5. The van der Waals surface area contributed by atoms with E-state index in [1.807, 2.05) is 22.9 Å². The van der Waals surface area contributed by atoms with Crippen LogP contribution in [-0.2, 0) is 26.1 Å². The topological polar surface area (TPSA) is 62.6 Å². The second kappa shape index (κ2) is 7.03. The van der Waals surface area contributed by atoms with Gasteiger partial charge in [-0.05, 0) is 18.6 Å². The summed E-state index contributed by atoms with van der Waals surface area (Å²) in [5, 5.41) is 12.0. The van der Waals surface area contributed by atoms with Gasteiger partial charge >= 0.3 is 0 Å². The molecule has 6 nitrogen and oxygen atoms in total. The minimum atomic E-state index is 0.820. The highest BCUT2D eigenvalue weighted by atomic mass is 15.3. The number of hydrogen-bond acceptors (Lipinski definition) is 4. The third-order valence-electron chi connectivity index (χ3n) is 4.64. The number of benzene rings is 1. The molecule has 3 aromatic rings. The summed E-state index contributed by atoms with van der Waals surface area (Å²) < 4.78 is 1.96. The fourth-order valence-corrected chi connectivity index (χ4v) is 3.26. The van der Waals surface area contributed by atoms with Crippen molar-refractivity contribution in [3.8, 4) is 0 Å². The predicted molar refractivity (Wildman–Crippen MR) is 97.5 cm³/mol. The van der Waals surface area contributed by atoms with Crippen molar-refractivity contribution >= 4 is 12.2 Å². The van der Waals surface area contributed by atoms with Crippen LogP contribution in [0.2, 0.25) is 0 Å². The zero-order valence-corrected chi connectivity index (χ0v) is 14.4. The number of rotatable bonds is 5. The molecule has 0 saturated heterocycles. The number of fused-ring (bicyclic) bond motifs is 1. The van der Waals surface area contributed by atoms with Gasteiger partial charge in [0.1, 0.15) is 12.2 Å². The number of nitrogens with one attached hydrogen (secondary N) is 1. The van der Waals surface area contributed by atoms with Gasteiger partial charge in [0.25, 0.3) is 0 Å². The summed E-state index contributed by atoms with van der Waals surface area (Å²) in [6, 6.07) is 10.3. The van der Waals surface area contributed by atoms with E-state index < -0.39 is 0 Å². The Labute approximate surface area is 147 Å². The number of nitrogens with zero attached hydrogens (tertiary/aromatic N) is 5. The Bertz CT molecular complexity index is 861. The van der Waals surface area contributed by atoms with Crippen LogP contribution >= 0.6 is 0 Å². The molecule has 0 bridgehead atoms. The van der Waals surface area contributed by atoms with Crippen molar-refractivity contribution in [2.45, 2.75) is 33.0 Å². The van der Waals surface area contributed by atoms with E-state index in [-0.39, 0.29) is 0 Å². The van der Waals surface area contributed by atoms with Crippen LogP contribution in [0.25, 0.3) is 12.2 Å². The van der Waals surface area contributed by atoms with Gasteiger partial charge in [0.05, 0.1) is 12.2 Å². The van der Waals surface area contributed by atoms with Gasteiger partial charge in [-0.3, -0.25) is 10.00 Å². The van der Waals surface area contributed by atoms with Crippen molar-refractivity contribution in [3.05, 3.63) is 65.0 Å². The van der Waals surface area contributed by atoms with Crippen LogP contribution in [0, 0.1) is 0 Å². The van der Waals surface area contributed by atoms with E-state index in [1.54, 1.807) is 6.33 Å². The van der Waals surface area contributed by atoms with E-state index in [1.165, 1.54) is 16.8 Å². The molecule has 4 rings (SSSR count). The number of aromatic amines is 1. The standard InChI is InChI=1S/C19H22N6/c1-2-25-19(20-14-21-25)13-24-11-10-18-16(12-24)17(22-23-18)9-8-15-6-4-3-5-7-15/h3-9,14H,2,10-13H2,1H3,(H,22,23)/b9-8+. The molecule has 1 aliphatic rings. The van der Waals surface area contributed by atoms with Crippen molar-refractivity contribution in [1.29, 1.82) is 0 Å². The van der Waals surface area contributed by atoms with E-state index in [9.17, 15) is 0 Å². The van der Waals surface area contributed by atoms with Gasteiger partial charge in [-0.15, -0.1) is 0 Å². The highest BCUT2D eigenvalue weighted by Crippen LogP contribution is 2.23. The minimum absolute atomic E-state index is 0.820. The fraction of sp³-hybridized carbons (Fsp3) is 0.316. The second-order valence-electron chi connectivity index (χ2n) is 6.26. The first kappa shape index (κ1) is 15.8. The molecule has 0 unspecified atom stereocenters. The van der Waals surface area contributed by atoms with Crippen LogP contribution in [0.3, 0.4) is 0 Å². The van der Waals surface area contributed by atoms with Gasteiger partial charge in [0.15, 0.2) is 0 Å². The molecule has 0 saturated carbocycles. The Hall–Kier alpha value is -2.73. The zero-order valence-electron chi connectivity index (χ0n) is 14.4. The zero-order chi connectivity index (χ0) is 17.1. The molecule has 1 aliphatic heterocycles. The molecule has 0 radical (unpaired) electrons. The van der Waals surface area contributed by atoms with Crippen LogP contribution in [-0.4, -0.2) is 36.4 Å². The Morgan fingerprint density at radius 1 is 1.20 bits per heavy atom.